The summed E-state index contributed by atoms with van der Waals surface area (Å²) in [6, 6.07) is 1.24. The van der Waals surface area contributed by atoms with Crippen molar-refractivity contribution in [2.24, 2.45) is 5.92 Å². The van der Waals surface area contributed by atoms with Crippen LogP contribution in [0.1, 0.15) is 66.9 Å². The van der Waals surface area contributed by atoms with E-state index in [0.717, 1.165) is 25.2 Å². The van der Waals surface area contributed by atoms with Crippen LogP contribution in [0.4, 0.5) is 0 Å². The number of ether oxygens (including phenoxy) is 1. The van der Waals surface area contributed by atoms with Crippen molar-refractivity contribution in [2.45, 2.75) is 46.0 Å². The maximum atomic E-state index is 11.6. The third kappa shape index (κ3) is 5.47. The molecule has 1 rings (SSSR count). The summed E-state index contributed by atoms with van der Waals surface area (Å²) in [7, 11) is 0. The van der Waals surface area contributed by atoms with E-state index in [1.54, 1.807) is 0 Å². The number of carboxylic acid groups (broad SMARTS) is 1. The Morgan fingerprint density at radius 3 is 2.60 bits per heavy atom. The summed E-state index contributed by atoms with van der Waals surface area (Å²) in [5.74, 6) is -1.42. The van der Waals surface area contributed by atoms with E-state index in [9.17, 15) is 9.59 Å². The number of unbranched alkanes of at least 4 members (excludes halogenated alkanes) is 3. The van der Waals surface area contributed by atoms with Crippen LogP contribution in [0.5, 0.6) is 0 Å². The lowest BCUT2D eigenvalue weighted by atomic mass is 10.0. The molecule has 1 aromatic rings. The van der Waals surface area contributed by atoms with Crippen LogP contribution in [0.15, 0.2) is 16.7 Å². The lowest BCUT2D eigenvalue weighted by Gasteiger charge is -2.05. The number of carboxylic acids is 1. The Morgan fingerprint density at radius 2 is 1.95 bits per heavy atom. The number of rotatable bonds is 9. The first kappa shape index (κ1) is 16.3. The smallest absolute Gasteiger partial charge is 0.375 e. The normalized spacial score (nSPS) is 10.8. The summed E-state index contributed by atoms with van der Waals surface area (Å²) in [6.45, 7) is 4.69. The second kappa shape index (κ2) is 8.40. The SMILES string of the molecule is CC(C)CCCCCCOC(=O)c1occc1C(=O)O. The van der Waals surface area contributed by atoms with Crippen LogP contribution in [-0.4, -0.2) is 23.7 Å². The van der Waals surface area contributed by atoms with Crippen LogP contribution in [0.3, 0.4) is 0 Å². The fourth-order valence-corrected chi connectivity index (χ4v) is 1.87. The Bertz CT molecular complexity index is 433. The molecule has 1 N–H and O–H groups in total. The molecular formula is C15H22O5. The number of hydrogen-bond acceptors (Lipinski definition) is 4. The van der Waals surface area contributed by atoms with Gasteiger partial charge in [-0.25, -0.2) is 9.59 Å². The fraction of sp³-hybridized carbons (Fsp3) is 0.600. The van der Waals surface area contributed by atoms with Crippen LogP contribution in [0.25, 0.3) is 0 Å². The Balaban J connectivity index is 2.20. The fourth-order valence-electron chi connectivity index (χ4n) is 1.87. The highest BCUT2D eigenvalue weighted by atomic mass is 16.5. The predicted octanol–water partition coefficient (Wildman–Crippen LogP) is 3.74. The Labute approximate surface area is 118 Å². The molecule has 0 saturated carbocycles. The van der Waals surface area contributed by atoms with Crippen LogP contribution in [0.2, 0.25) is 0 Å². The van der Waals surface area contributed by atoms with Gasteiger partial charge in [0.05, 0.1) is 12.9 Å². The molecule has 1 heterocycles. The third-order valence-corrected chi connectivity index (χ3v) is 2.99. The van der Waals surface area contributed by atoms with E-state index in [-0.39, 0.29) is 11.3 Å². The average Bonchev–Trinajstić information content (AvgIpc) is 2.86. The van der Waals surface area contributed by atoms with Gasteiger partial charge < -0.3 is 14.3 Å². The number of esters is 1. The first-order valence-corrected chi connectivity index (χ1v) is 7.00. The number of carbonyl (C=O) groups excluding carboxylic acids is 1. The highest BCUT2D eigenvalue weighted by Gasteiger charge is 2.21. The molecule has 5 heteroatoms. The first-order valence-electron chi connectivity index (χ1n) is 7.00. The van der Waals surface area contributed by atoms with Crippen LogP contribution in [-0.2, 0) is 4.74 Å². The van der Waals surface area contributed by atoms with Crippen molar-refractivity contribution in [3.8, 4) is 0 Å². The monoisotopic (exact) mass is 282 g/mol. The minimum absolute atomic E-state index is 0.160. The Hall–Kier alpha value is -1.78. The summed E-state index contributed by atoms with van der Waals surface area (Å²) in [5.41, 5.74) is -0.160. The summed E-state index contributed by atoms with van der Waals surface area (Å²) in [4.78, 5) is 22.5. The van der Waals surface area contributed by atoms with Crippen molar-refractivity contribution >= 4 is 11.9 Å². The Morgan fingerprint density at radius 1 is 1.25 bits per heavy atom. The van der Waals surface area contributed by atoms with Gasteiger partial charge in [-0.1, -0.05) is 39.5 Å². The first-order chi connectivity index (χ1) is 9.52. The zero-order valence-corrected chi connectivity index (χ0v) is 12.1. The number of carbonyl (C=O) groups is 2. The van der Waals surface area contributed by atoms with Crippen LogP contribution >= 0.6 is 0 Å². The van der Waals surface area contributed by atoms with Gasteiger partial charge in [-0.3, -0.25) is 0 Å². The van der Waals surface area contributed by atoms with E-state index in [1.165, 1.54) is 25.2 Å². The summed E-state index contributed by atoms with van der Waals surface area (Å²) < 4.78 is 9.86. The second-order valence-corrected chi connectivity index (χ2v) is 5.20. The van der Waals surface area contributed by atoms with Crippen molar-refractivity contribution in [1.29, 1.82) is 0 Å². The molecule has 0 radical (unpaired) electrons. The van der Waals surface area contributed by atoms with Crippen LogP contribution < -0.4 is 0 Å². The molecule has 0 amide bonds. The standard InChI is InChI=1S/C15H22O5/c1-11(2)7-5-3-4-6-9-20-15(18)13-12(14(16)17)8-10-19-13/h8,10-11H,3-7,9H2,1-2H3,(H,16,17). The molecule has 0 bridgehead atoms. The molecule has 0 fully saturated rings. The van der Waals surface area contributed by atoms with Gasteiger partial charge in [-0.05, 0) is 18.4 Å². The highest BCUT2D eigenvalue weighted by molar-refractivity contribution is 6.00. The zero-order valence-electron chi connectivity index (χ0n) is 12.1. The molecule has 0 spiro atoms. The van der Waals surface area contributed by atoms with Gasteiger partial charge in [0.25, 0.3) is 0 Å². The van der Waals surface area contributed by atoms with Crippen molar-refractivity contribution in [3.63, 3.8) is 0 Å². The molecule has 0 aromatic carbocycles. The summed E-state index contributed by atoms with van der Waals surface area (Å²) in [5, 5.41) is 8.85. The van der Waals surface area contributed by atoms with Gasteiger partial charge in [-0.2, -0.15) is 0 Å². The summed E-state index contributed by atoms with van der Waals surface area (Å²) in [6.07, 6.45) is 6.49. The quantitative estimate of drug-likeness (QED) is 0.551. The molecule has 1 aromatic heterocycles. The zero-order chi connectivity index (χ0) is 15.0. The average molecular weight is 282 g/mol. The lowest BCUT2D eigenvalue weighted by Crippen LogP contribution is -2.10. The van der Waals surface area contributed by atoms with Gasteiger partial charge in [0.1, 0.15) is 5.56 Å². The van der Waals surface area contributed by atoms with Crippen molar-refractivity contribution in [1.82, 2.24) is 0 Å². The minimum atomic E-state index is -1.20. The van der Waals surface area contributed by atoms with Crippen molar-refractivity contribution in [3.05, 3.63) is 23.7 Å². The lowest BCUT2D eigenvalue weighted by molar-refractivity contribution is 0.0450. The second-order valence-electron chi connectivity index (χ2n) is 5.20. The van der Waals surface area contributed by atoms with Gasteiger partial charge in [0.2, 0.25) is 5.76 Å². The molecule has 0 unspecified atom stereocenters. The molecule has 5 nitrogen and oxygen atoms in total. The van der Waals surface area contributed by atoms with E-state index >= 15 is 0 Å². The maximum absolute atomic E-state index is 11.6. The van der Waals surface area contributed by atoms with Gasteiger partial charge in [0, 0.05) is 0 Å². The molecule has 0 atom stereocenters. The van der Waals surface area contributed by atoms with E-state index in [0.29, 0.717) is 6.61 Å². The van der Waals surface area contributed by atoms with E-state index in [2.05, 4.69) is 13.8 Å². The predicted molar refractivity (Wildman–Crippen MR) is 73.9 cm³/mol. The van der Waals surface area contributed by atoms with Crippen molar-refractivity contribution < 1.29 is 23.8 Å². The van der Waals surface area contributed by atoms with E-state index < -0.39 is 11.9 Å². The highest BCUT2D eigenvalue weighted by Crippen LogP contribution is 2.13. The molecule has 20 heavy (non-hydrogen) atoms. The van der Waals surface area contributed by atoms with Crippen molar-refractivity contribution in [2.75, 3.05) is 6.61 Å². The van der Waals surface area contributed by atoms with Gasteiger partial charge in [-0.15, -0.1) is 0 Å². The summed E-state index contributed by atoms with van der Waals surface area (Å²) >= 11 is 0. The molecule has 112 valence electrons. The topological polar surface area (TPSA) is 76.7 Å². The largest absolute Gasteiger partial charge is 0.478 e. The number of aromatic carboxylic acids is 1. The molecule has 0 saturated heterocycles. The van der Waals surface area contributed by atoms with E-state index in [4.69, 9.17) is 14.3 Å². The molecule has 0 aliphatic rings. The van der Waals surface area contributed by atoms with E-state index in [1.807, 2.05) is 0 Å². The number of hydrogen-bond donors (Lipinski definition) is 1. The molecular weight excluding hydrogens is 260 g/mol. The number of furan rings is 1. The Kier molecular flexibility index (Phi) is 6.84. The molecule has 0 aliphatic carbocycles. The third-order valence-electron chi connectivity index (χ3n) is 2.99. The minimum Gasteiger partial charge on any atom is -0.478 e. The van der Waals surface area contributed by atoms with Gasteiger partial charge in [0.15, 0.2) is 0 Å². The molecule has 0 aliphatic heterocycles. The van der Waals surface area contributed by atoms with Gasteiger partial charge >= 0.3 is 11.9 Å². The maximum Gasteiger partial charge on any atom is 0.375 e. The van der Waals surface area contributed by atoms with Crippen LogP contribution in [0, 0.1) is 5.92 Å².